The average Bonchev–Trinajstić information content (AvgIpc) is 3.14. The molecule has 0 saturated carbocycles. The van der Waals surface area contributed by atoms with E-state index in [-0.39, 0.29) is 17.4 Å². The highest BCUT2D eigenvalue weighted by Gasteiger charge is 2.27. The van der Waals surface area contributed by atoms with Crippen molar-refractivity contribution in [1.82, 2.24) is 10.2 Å². The number of carbonyl (C=O) groups is 2. The Morgan fingerprint density at radius 3 is 2.53 bits per heavy atom. The van der Waals surface area contributed by atoms with Crippen LogP contribution in [0.5, 0.6) is 5.75 Å². The highest BCUT2D eigenvalue weighted by atomic mass is 35.5. The molecule has 2 amide bonds. The molecule has 6 N–H and O–H groups in total. The molecule has 0 aliphatic carbocycles. The fourth-order valence-electron chi connectivity index (χ4n) is 2.73. The summed E-state index contributed by atoms with van der Waals surface area (Å²) in [6, 6.07) is 3.36. The SMILES string of the molecule is C#Cc1cc(Cl)c(CNC=O)c(OC)c1.CC(C)(C)CC(=O)N1CCC(O)C1.NN. The number of nitrogens with one attached hydrogen (secondary N) is 1. The van der Waals surface area contributed by atoms with E-state index < -0.39 is 0 Å². The van der Waals surface area contributed by atoms with Crippen LogP contribution in [0.3, 0.4) is 0 Å². The Morgan fingerprint density at radius 2 is 2.10 bits per heavy atom. The number of β-amino-alcohol motifs (C(OH)–C–C–N with tert-alkyl or cyclic N) is 1. The van der Waals surface area contributed by atoms with E-state index in [1.807, 2.05) is 0 Å². The van der Waals surface area contributed by atoms with Crippen molar-refractivity contribution in [2.45, 2.75) is 46.3 Å². The van der Waals surface area contributed by atoms with Crippen molar-refractivity contribution in [2.24, 2.45) is 17.1 Å². The lowest BCUT2D eigenvalue weighted by Crippen LogP contribution is -2.32. The molecular weight excluding hydrogens is 408 g/mol. The summed E-state index contributed by atoms with van der Waals surface area (Å²) in [4.78, 5) is 23.6. The number of hydrogen-bond donors (Lipinski definition) is 4. The number of benzene rings is 1. The second kappa shape index (κ2) is 13.8. The van der Waals surface area contributed by atoms with Crippen molar-refractivity contribution in [2.75, 3.05) is 20.2 Å². The van der Waals surface area contributed by atoms with Gasteiger partial charge in [0.25, 0.3) is 0 Å². The van der Waals surface area contributed by atoms with Crippen molar-refractivity contribution < 1.29 is 19.4 Å². The second-order valence-electron chi connectivity index (χ2n) is 7.80. The largest absolute Gasteiger partial charge is 0.496 e. The van der Waals surface area contributed by atoms with Gasteiger partial charge in [0.15, 0.2) is 0 Å². The van der Waals surface area contributed by atoms with E-state index in [1.165, 1.54) is 7.11 Å². The molecule has 1 fully saturated rings. The summed E-state index contributed by atoms with van der Waals surface area (Å²) in [7, 11) is 1.52. The van der Waals surface area contributed by atoms with Crippen LogP contribution in [0.2, 0.25) is 5.02 Å². The molecule has 1 aliphatic heterocycles. The van der Waals surface area contributed by atoms with Crippen LogP contribution in [0.25, 0.3) is 0 Å². The Kier molecular flexibility index (Phi) is 12.8. The van der Waals surface area contributed by atoms with Gasteiger partial charge in [-0.25, -0.2) is 0 Å². The van der Waals surface area contributed by atoms with Gasteiger partial charge in [-0.3, -0.25) is 21.3 Å². The van der Waals surface area contributed by atoms with Gasteiger partial charge >= 0.3 is 0 Å². The molecule has 1 unspecified atom stereocenters. The number of aliphatic hydroxyl groups is 1. The van der Waals surface area contributed by atoms with Crippen LogP contribution >= 0.6 is 11.6 Å². The van der Waals surface area contributed by atoms with Crippen molar-refractivity contribution in [1.29, 1.82) is 0 Å². The summed E-state index contributed by atoms with van der Waals surface area (Å²) in [5.74, 6) is 11.2. The monoisotopic (exact) mass is 440 g/mol. The molecule has 1 saturated heterocycles. The molecule has 1 atom stereocenters. The van der Waals surface area contributed by atoms with E-state index in [1.54, 1.807) is 17.0 Å². The number of carbonyl (C=O) groups excluding carboxylic acids is 2. The van der Waals surface area contributed by atoms with Crippen LogP contribution in [0.15, 0.2) is 12.1 Å². The summed E-state index contributed by atoms with van der Waals surface area (Å²) in [5.41, 5.74) is 1.40. The number of nitrogens with zero attached hydrogens (tertiary/aromatic N) is 1. The topological polar surface area (TPSA) is 131 Å². The van der Waals surface area contributed by atoms with Gasteiger partial charge in [0.1, 0.15) is 5.75 Å². The predicted octanol–water partition coefficient (Wildman–Crippen LogP) is 1.41. The zero-order valence-electron chi connectivity index (χ0n) is 18.1. The zero-order chi connectivity index (χ0) is 23.3. The molecule has 9 heteroatoms. The zero-order valence-corrected chi connectivity index (χ0v) is 18.8. The van der Waals surface area contributed by atoms with Crippen molar-refractivity contribution in [3.8, 4) is 18.1 Å². The number of hydrogen-bond acceptors (Lipinski definition) is 6. The fourth-order valence-corrected chi connectivity index (χ4v) is 3.00. The lowest BCUT2D eigenvalue weighted by atomic mass is 9.92. The lowest BCUT2D eigenvalue weighted by Gasteiger charge is -2.22. The first-order chi connectivity index (χ1) is 14.1. The lowest BCUT2D eigenvalue weighted by molar-refractivity contribution is -0.132. The maximum atomic E-state index is 11.6. The molecule has 0 spiro atoms. The van der Waals surface area contributed by atoms with Gasteiger partial charge in [0, 0.05) is 37.2 Å². The number of nitrogens with two attached hydrogens (primary N) is 2. The number of methoxy groups -OCH3 is 1. The highest BCUT2D eigenvalue weighted by Crippen LogP contribution is 2.28. The molecule has 0 bridgehead atoms. The van der Waals surface area contributed by atoms with Gasteiger partial charge in [-0.1, -0.05) is 38.3 Å². The Hall–Kier alpha value is -2.31. The van der Waals surface area contributed by atoms with Gasteiger partial charge in [-0.15, -0.1) is 6.42 Å². The van der Waals surface area contributed by atoms with E-state index in [9.17, 15) is 14.7 Å². The van der Waals surface area contributed by atoms with Crippen LogP contribution in [0.4, 0.5) is 0 Å². The molecule has 1 heterocycles. The Morgan fingerprint density at radius 1 is 1.47 bits per heavy atom. The third-order valence-electron chi connectivity index (χ3n) is 4.10. The molecule has 2 rings (SSSR count). The number of rotatable bonds is 5. The number of ether oxygens (including phenoxy) is 1. The van der Waals surface area contributed by atoms with Crippen molar-refractivity contribution in [3.05, 3.63) is 28.3 Å². The molecule has 1 aliphatic rings. The number of aliphatic hydroxyl groups excluding tert-OH is 1. The predicted molar refractivity (Wildman–Crippen MR) is 118 cm³/mol. The second-order valence-corrected chi connectivity index (χ2v) is 8.21. The van der Waals surface area contributed by atoms with Crippen LogP contribution in [-0.4, -0.2) is 48.6 Å². The summed E-state index contributed by atoms with van der Waals surface area (Å²) in [6.07, 6.45) is 6.86. The van der Waals surface area contributed by atoms with Crippen LogP contribution in [0, 0.1) is 17.8 Å². The normalized spacial score (nSPS) is 15.0. The Bertz CT molecular complexity index is 729. The first-order valence-electron chi connectivity index (χ1n) is 9.40. The molecule has 168 valence electrons. The minimum Gasteiger partial charge on any atom is -0.496 e. The third-order valence-corrected chi connectivity index (χ3v) is 4.44. The van der Waals surface area contributed by atoms with Gasteiger partial charge < -0.3 is 20.1 Å². The summed E-state index contributed by atoms with van der Waals surface area (Å²) in [6.45, 7) is 7.72. The smallest absolute Gasteiger partial charge is 0.223 e. The molecule has 0 aromatic heterocycles. The fraction of sp³-hybridized carbons (Fsp3) is 0.524. The number of likely N-dealkylation sites (tertiary alicyclic amines) is 1. The molecular formula is C21H33ClN4O4. The van der Waals surface area contributed by atoms with Gasteiger partial charge in [0.2, 0.25) is 12.3 Å². The maximum absolute atomic E-state index is 11.6. The van der Waals surface area contributed by atoms with E-state index in [2.05, 4.69) is 43.7 Å². The minimum atomic E-state index is -0.302. The van der Waals surface area contributed by atoms with E-state index in [0.717, 1.165) is 13.0 Å². The quantitative estimate of drug-likeness (QED) is 0.237. The van der Waals surface area contributed by atoms with E-state index in [4.69, 9.17) is 22.8 Å². The summed E-state index contributed by atoms with van der Waals surface area (Å²) < 4.78 is 5.13. The maximum Gasteiger partial charge on any atom is 0.223 e. The number of terminal acetylenes is 1. The third kappa shape index (κ3) is 9.94. The summed E-state index contributed by atoms with van der Waals surface area (Å²) in [5, 5.41) is 12.3. The molecule has 1 aromatic carbocycles. The number of amides is 2. The molecule has 8 nitrogen and oxygen atoms in total. The minimum absolute atomic E-state index is 0.0463. The van der Waals surface area contributed by atoms with Crippen LogP contribution in [0.1, 0.15) is 44.7 Å². The Balaban J connectivity index is 0.000000522. The number of hydrazine groups is 1. The van der Waals surface area contributed by atoms with Crippen LogP contribution < -0.4 is 21.7 Å². The van der Waals surface area contributed by atoms with Crippen molar-refractivity contribution in [3.63, 3.8) is 0 Å². The van der Waals surface area contributed by atoms with E-state index in [0.29, 0.717) is 47.8 Å². The summed E-state index contributed by atoms with van der Waals surface area (Å²) >= 11 is 6.00. The van der Waals surface area contributed by atoms with Gasteiger partial charge in [-0.05, 0) is 24.0 Å². The van der Waals surface area contributed by atoms with Crippen LogP contribution in [-0.2, 0) is 16.1 Å². The number of halogens is 1. The first kappa shape index (κ1) is 27.7. The van der Waals surface area contributed by atoms with E-state index >= 15 is 0 Å². The molecule has 0 radical (unpaired) electrons. The average molecular weight is 441 g/mol. The molecule has 30 heavy (non-hydrogen) atoms. The standard InChI is InChI=1S/C11H10ClNO2.C10H19NO2.H4N2/c1-3-8-4-10(12)9(6-13-7-14)11(5-8)15-2;1-10(2,3)6-9(13)11-5-4-8(12)7-11;1-2/h1,4-5,7H,6H2,2H3,(H,13,14);8,12H,4-7H2,1-3H3;1-2H2. The molecule has 1 aromatic rings. The Labute approximate surface area is 183 Å². The van der Waals surface area contributed by atoms with Gasteiger partial charge in [0.05, 0.1) is 18.2 Å². The first-order valence-corrected chi connectivity index (χ1v) is 9.78. The van der Waals surface area contributed by atoms with Crippen molar-refractivity contribution >= 4 is 23.9 Å². The van der Waals surface area contributed by atoms with Gasteiger partial charge in [-0.2, -0.15) is 0 Å². The highest BCUT2D eigenvalue weighted by molar-refractivity contribution is 6.31.